The minimum absolute atomic E-state index is 0.0650. The lowest BCUT2D eigenvalue weighted by Gasteiger charge is -2.08. The van der Waals surface area contributed by atoms with Crippen LogP contribution in [0.4, 0.5) is 0 Å². The van der Waals surface area contributed by atoms with Crippen molar-refractivity contribution in [3.63, 3.8) is 0 Å². The maximum absolute atomic E-state index is 11.7. The highest BCUT2D eigenvalue weighted by Gasteiger charge is 2.45. The highest BCUT2D eigenvalue weighted by Crippen LogP contribution is 2.32. The number of aryl methyl sites for hydroxylation is 1. The summed E-state index contributed by atoms with van der Waals surface area (Å²) in [6.45, 7) is 2.56. The second kappa shape index (κ2) is 5.33. The third-order valence-corrected chi connectivity index (χ3v) is 3.76. The molecule has 1 saturated carbocycles. The second-order valence-corrected chi connectivity index (χ2v) is 5.67. The molecule has 3 N–H and O–H groups in total. The summed E-state index contributed by atoms with van der Waals surface area (Å²) in [6, 6.07) is 8.02. The molecule has 0 radical (unpaired) electrons. The summed E-state index contributed by atoms with van der Waals surface area (Å²) in [6.07, 6.45) is 3.83. The van der Waals surface area contributed by atoms with Gasteiger partial charge in [-0.2, -0.15) is 0 Å². The second-order valence-electron chi connectivity index (χ2n) is 5.67. The molecule has 1 aliphatic carbocycles. The smallest absolute Gasteiger partial charge is 0.240 e. The van der Waals surface area contributed by atoms with Crippen LogP contribution in [0.25, 0.3) is 11.5 Å². The molecule has 0 spiro atoms. The number of amides is 1. The maximum Gasteiger partial charge on any atom is 0.240 e. The molecule has 21 heavy (non-hydrogen) atoms. The molecule has 2 aromatic rings. The Morgan fingerprint density at radius 1 is 1.38 bits per heavy atom. The lowest BCUT2D eigenvalue weighted by atomic mass is 10.1. The molecular formula is C16H19N3O2. The summed E-state index contributed by atoms with van der Waals surface area (Å²) in [4.78, 5) is 16.1. The Hall–Kier alpha value is -2.14. The minimum Gasteiger partial charge on any atom is -0.444 e. The first-order chi connectivity index (χ1) is 10.1. The quantitative estimate of drug-likeness (QED) is 0.877. The van der Waals surface area contributed by atoms with Gasteiger partial charge in [0.1, 0.15) is 6.26 Å². The van der Waals surface area contributed by atoms with Crippen LogP contribution in [0.15, 0.2) is 34.9 Å². The van der Waals surface area contributed by atoms with Gasteiger partial charge in [0.05, 0.1) is 11.2 Å². The number of oxazole rings is 1. The Labute approximate surface area is 123 Å². The van der Waals surface area contributed by atoms with E-state index in [-0.39, 0.29) is 5.91 Å². The standard InChI is InChI=1S/C16H19N3O2/c1-11-2-4-12(5-3-11)14-19-13(10-21-14)6-9-18-15(20)16(17)7-8-16/h2-5,10H,6-9,17H2,1H3,(H,18,20). The zero-order valence-corrected chi connectivity index (χ0v) is 12.1. The van der Waals surface area contributed by atoms with Crippen molar-refractivity contribution in [2.24, 2.45) is 5.73 Å². The fourth-order valence-electron chi connectivity index (χ4n) is 2.09. The van der Waals surface area contributed by atoms with Crippen LogP contribution in [0.1, 0.15) is 24.1 Å². The molecule has 5 nitrogen and oxygen atoms in total. The molecule has 0 saturated heterocycles. The first kappa shape index (κ1) is 13.8. The van der Waals surface area contributed by atoms with E-state index < -0.39 is 5.54 Å². The van der Waals surface area contributed by atoms with Crippen molar-refractivity contribution in [2.75, 3.05) is 6.54 Å². The van der Waals surface area contributed by atoms with Gasteiger partial charge in [0.15, 0.2) is 0 Å². The number of hydrogen-bond donors (Lipinski definition) is 2. The number of nitrogens with two attached hydrogens (primary N) is 1. The molecule has 1 aliphatic rings. The van der Waals surface area contributed by atoms with Gasteiger partial charge in [0.2, 0.25) is 11.8 Å². The van der Waals surface area contributed by atoms with Crippen LogP contribution in [0, 0.1) is 6.92 Å². The summed E-state index contributed by atoms with van der Waals surface area (Å²) < 4.78 is 5.48. The first-order valence-electron chi connectivity index (χ1n) is 7.15. The van der Waals surface area contributed by atoms with E-state index in [1.54, 1.807) is 6.26 Å². The van der Waals surface area contributed by atoms with Crippen LogP contribution in [0.5, 0.6) is 0 Å². The van der Waals surface area contributed by atoms with Crippen LogP contribution in [-0.2, 0) is 11.2 Å². The zero-order valence-electron chi connectivity index (χ0n) is 12.1. The summed E-state index contributed by atoms with van der Waals surface area (Å²) in [5.41, 5.74) is 8.18. The van der Waals surface area contributed by atoms with Gasteiger partial charge in [-0.05, 0) is 31.9 Å². The summed E-state index contributed by atoms with van der Waals surface area (Å²) in [5, 5.41) is 2.84. The summed E-state index contributed by atoms with van der Waals surface area (Å²) in [5.74, 6) is 0.540. The van der Waals surface area contributed by atoms with Gasteiger partial charge < -0.3 is 15.5 Å². The number of carbonyl (C=O) groups is 1. The van der Waals surface area contributed by atoms with Crippen molar-refractivity contribution < 1.29 is 9.21 Å². The fourth-order valence-corrected chi connectivity index (χ4v) is 2.09. The Morgan fingerprint density at radius 2 is 2.10 bits per heavy atom. The number of benzene rings is 1. The largest absolute Gasteiger partial charge is 0.444 e. The number of carbonyl (C=O) groups excluding carboxylic acids is 1. The number of hydrogen-bond acceptors (Lipinski definition) is 4. The van der Waals surface area contributed by atoms with E-state index in [0.29, 0.717) is 18.9 Å². The van der Waals surface area contributed by atoms with Crippen molar-refractivity contribution in [2.45, 2.75) is 31.7 Å². The van der Waals surface area contributed by atoms with Crippen molar-refractivity contribution >= 4 is 5.91 Å². The van der Waals surface area contributed by atoms with Gasteiger partial charge in [0.25, 0.3) is 0 Å². The van der Waals surface area contributed by atoms with Crippen LogP contribution in [0.3, 0.4) is 0 Å². The molecule has 110 valence electrons. The molecule has 0 atom stereocenters. The van der Waals surface area contributed by atoms with E-state index in [1.807, 2.05) is 31.2 Å². The summed E-state index contributed by atoms with van der Waals surface area (Å²) in [7, 11) is 0. The van der Waals surface area contributed by atoms with Crippen LogP contribution in [-0.4, -0.2) is 23.0 Å². The molecule has 1 fully saturated rings. The van der Waals surface area contributed by atoms with Crippen molar-refractivity contribution in [1.82, 2.24) is 10.3 Å². The van der Waals surface area contributed by atoms with E-state index in [4.69, 9.17) is 10.2 Å². The van der Waals surface area contributed by atoms with E-state index in [1.165, 1.54) is 5.56 Å². The third kappa shape index (κ3) is 3.13. The Morgan fingerprint density at radius 3 is 2.76 bits per heavy atom. The molecule has 1 aromatic carbocycles. The Balaban J connectivity index is 1.55. The van der Waals surface area contributed by atoms with Gasteiger partial charge in [-0.25, -0.2) is 4.98 Å². The Kier molecular flexibility index (Phi) is 3.51. The number of nitrogens with zero attached hydrogens (tertiary/aromatic N) is 1. The predicted molar refractivity (Wildman–Crippen MR) is 79.5 cm³/mol. The summed E-state index contributed by atoms with van der Waals surface area (Å²) >= 11 is 0. The molecule has 1 aromatic heterocycles. The van der Waals surface area contributed by atoms with Crippen LogP contribution >= 0.6 is 0 Å². The topological polar surface area (TPSA) is 81.2 Å². The number of nitrogens with one attached hydrogen (secondary N) is 1. The van der Waals surface area contributed by atoms with Crippen molar-refractivity contribution in [1.29, 1.82) is 0 Å². The highest BCUT2D eigenvalue weighted by atomic mass is 16.3. The fraction of sp³-hybridized carbons (Fsp3) is 0.375. The van der Waals surface area contributed by atoms with E-state index >= 15 is 0 Å². The van der Waals surface area contributed by atoms with Gasteiger partial charge >= 0.3 is 0 Å². The zero-order chi connectivity index (χ0) is 14.9. The normalized spacial score (nSPS) is 15.7. The Bertz CT molecular complexity index is 642. The monoisotopic (exact) mass is 285 g/mol. The molecule has 5 heteroatoms. The van der Waals surface area contributed by atoms with E-state index in [0.717, 1.165) is 24.1 Å². The average molecular weight is 285 g/mol. The first-order valence-corrected chi connectivity index (χ1v) is 7.15. The minimum atomic E-state index is -0.614. The molecule has 1 heterocycles. The number of rotatable bonds is 5. The lowest BCUT2D eigenvalue weighted by Crippen LogP contribution is -2.43. The maximum atomic E-state index is 11.7. The van der Waals surface area contributed by atoms with Gasteiger partial charge in [-0.1, -0.05) is 17.7 Å². The van der Waals surface area contributed by atoms with Gasteiger partial charge in [-0.3, -0.25) is 4.79 Å². The SMILES string of the molecule is Cc1ccc(-c2nc(CCNC(=O)C3(N)CC3)co2)cc1. The molecule has 0 aliphatic heterocycles. The van der Waals surface area contributed by atoms with E-state index in [9.17, 15) is 4.79 Å². The van der Waals surface area contributed by atoms with Crippen LogP contribution in [0.2, 0.25) is 0 Å². The van der Waals surface area contributed by atoms with E-state index in [2.05, 4.69) is 10.3 Å². The van der Waals surface area contributed by atoms with Crippen molar-refractivity contribution in [3.8, 4) is 11.5 Å². The van der Waals surface area contributed by atoms with Crippen molar-refractivity contribution in [3.05, 3.63) is 41.8 Å². The lowest BCUT2D eigenvalue weighted by molar-refractivity contribution is -0.123. The van der Waals surface area contributed by atoms with Gasteiger partial charge in [0, 0.05) is 18.5 Å². The van der Waals surface area contributed by atoms with Crippen LogP contribution < -0.4 is 11.1 Å². The highest BCUT2D eigenvalue weighted by molar-refractivity contribution is 5.88. The molecule has 1 amide bonds. The average Bonchev–Trinajstić information content (AvgIpc) is 3.06. The third-order valence-electron chi connectivity index (χ3n) is 3.76. The molecular weight excluding hydrogens is 266 g/mol. The number of aromatic nitrogens is 1. The predicted octanol–water partition coefficient (Wildman–Crippen LogP) is 1.80. The molecule has 0 bridgehead atoms. The molecule has 0 unspecified atom stereocenters. The molecule has 3 rings (SSSR count). The van der Waals surface area contributed by atoms with Gasteiger partial charge in [-0.15, -0.1) is 0 Å².